The van der Waals surface area contributed by atoms with Crippen LogP contribution in [-0.2, 0) is 4.74 Å². The zero-order chi connectivity index (χ0) is 11.2. The molecule has 1 aliphatic rings. The van der Waals surface area contributed by atoms with Crippen molar-refractivity contribution >= 4 is 16.7 Å². The fourth-order valence-electron chi connectivity index (χ4n) is 1.71. The third kappa shape index (κ3) is 3.70. The predicted molar refractivity (Wildman–Crippen MR) is 65.0 cm³/mol. The van der Waals surface area contributed by atoms with E-state index in [-0.39, 0.29) is 0 Å². The molecule has 1 aromatic rings. The van der Waals surface area contributed by atoms with E-state index in [1.54, 1.807) is 0 Å². The molecule has 90 valence electrons. The zero-order valence-corrected chi connectivity index (χ0v) is 10.3. The van der Waals surface area contributed by atoms with Crippen LogP contribution in [0.5, 0.6) is 0 Å². The second kappa shape index (κ2) is 6.12. The van der Waals surface area contributed by atoms with Crippen molar-refractivity contribution in [2.75, 3.05) is 31.6 Å². The van der Waals surface area contributed by atoms with E-state index in [1.807, 2.05) is 6.92 Å². The van der Waals surface area contributed by atoms with Crippen molar-refractivity contribution in [3.05, 3.63) is 5.82 Å². The molecule has 1 aromatic heterocycles. The first kappa shape index (κ1) is 11.8. The fraction of sp³-hybridized carbons (Fsp3) is 0.800. The van der Waals surface area contributed by atoms with E-state index in [0.717, 1.165) is 50.0 Å². The largest absolute Gasteiger partial charge is 0.376 e. The molecule has 16 heavy (non-hydrogen) atoms. The molecule has 0 amide bonds. The van der Waals surface area contributed by atoms with Gasteiger partial charge in [-0.05, 0) is 32.9 Å². The van der Waals surface area contributed by atoms with Crippen molar-refractivity contribution in [1.29, 1.82) is 0 Å². The number of aryl methyl sites for hydroxylation is 1. The van der Waals surface area contributed by atoms with Gasteiger partial charge in [0.25, 0.3) is 0 Å². The Kier molecular flexibility index (Phi) is 4.50. The molecule has 1 fully saturated rings. The molecule has 2 rings (SSSR count). The van der Waals surface area contributed by atoms with Gasteiger partial charge in [0.1, 0.15) is 5.82 Å². The lowest BCUT2D eigenvalue weighted by Gasteiger charge is -2.22. The Balaban J connectivity index is 1.57. The normalized spacial score (nSPS) is 17.6. The summed E-state index contributed by atoms with van der Waals surface area (Å²) in [5, 5.41) is 7.41. The molecule has 0 saturated carbocycles. The fourth-order valence-corrected chi connectivity index (χ4v) is 2.31. The van der Waals surface area contributed by atoms with Crippen molar-refractivity contribution < 1.29 is 4.74 Å². The van der Waals surface area contributed by atoms with Gasteiger partial charge in [-0.25, -0.2) is 4.98 Å². The number of anilines is 1. The molecule has 0 unspecified atom stereocenters. The van der Waals surface area contributed by atoms with Crippen molar-refractivity contribution in [1.82, 2.24) is 14.7 Å². The molecule has 0 bridgehead atoms. The molecule has 0 atom stereocenters. The van der Waals surface area contributed by atoms with Gasteiger partial charge < -0.3 is 15.4 Å². The highest BCUT2D eigenvalue weighted by Gasteiger charge is 2.12. The molecule has 0 aromatic carbocycles. The Morgan fingerprint density at radius 2 is 2.31 bits per heavy atom. The molecule has 0 aliphatic carbocycles. The standard InChI is InChI=1S/C10H18N4OS/c1-8-13-10(16-14-8)12-6-7-15-9-2-4-11-5-3-9/h9,11H,2-7H2,1H3,(H,12,13,14). The average molecular weight is 242 g/mol. The van der Waals surface area contributed by atoms with E-state index in [4.69, 9.17) is 4.74 Å². The monoisotopic (exact) mass is 242 g/mol. The Labute approximate surface area is 99.8 Å². The van der Waals surface area contributed by atoms with Crippen molar-refractivity contribution in [3.63, 3.8) is 0 Å². The number of nitrogens with zero attached hydrogens (tertiary/aromatic N) is 2. The summed E-state index contributed by atoms with van der Waals surface area (Å²) < 4.78 is 9.87. The topological polar surface area (TPSA) is 59.1 Å². The highest BCUT2D eigenvalue weighted by atomic mass is 32.1. The maximum absolute atomic E-state index is 5.77. The van der Waals surface area contributed by atoms with Gasteiger partial charge in [0.15, 0.2) is 0 Å². The number of nitrogens with one attached hydrogen (secondary N) is 2. The first-order chi connectivity index (χ1) is 7.84. The minimum atomic E-state index is 0.430. The molecular weight excluding hydrogens is 224 g/mol. The van der Waals surface area contributed by atoms with Crippen molar-refractivity contribution in [2.45, 2.75) is 25.9 Å². The molecule has 2 heterocycles. The van der Waals surface area contributed by atoms with Crippen LogP contribution in [0.25, 0.3) is 0 Å². The van der Waals surface area contributed by atoms with Crippen molar-refractivity contribution in [3.8, 4) is 0 Å². The minimum absolute atomic E-state index is 0.430. The van der Waals surface area contributed by atoms with Crippen LogP contribution in [0.15, 0.2) is 0 Å². The highest BCUT2D eigenvalue weighted by molar-refractivity contribution is 7.09. The maximum Gasteiger partial charge on any atom is 0.202 e. The van der Waals surface area contributed by atoms with E-state index >= 15 is 0 Å². The van der Waals surface area contributed by atoms with E-state index in [1.165, 1.54) is 11.5 Å². The van der Waals surface area contributed by atoms with Crippen LogP contribution in [-0.4, -0.2) is 41.7 Å². The van der Waals surface area contributed by atoms with Gasteiger partial charge in [-0.15, -0.1) is 0 Å². The molecule has 1 saturated heterocycles. The summed E-state index contributed by atoms with van der Waals surface area (Å²) in [6.07, 6.45) is 2.68. The lowest BCUT2D eigenvalue weighted by Crippen LogP contribution is -2.33. The average Bonchev–Trinajstić information content (AvgIpc) is 2.72. The SMILES string of the molecule is Cc1nsc(NCCOC2CCNCC2)n1. The van der Waals surface area contributed by atoms with E-state index in [9.17, 15) is 0 Å². The van der Waals surface area contributed by atoms with Crippen LogP contribution in [0.3, 0.4) is 0 Å². The third-order valence-electron chi connectivity index (χ3n) is 2.55. The second-order valence-electron chi connectivity index (χ2n) is 3.89. The Bertz CT molecular complexity index is 312. The van der Waals surface area contributed by atoms with Gasteiger partial charge in [0.2, 0.25) is 5.13 Å². The van der Waals surface area contributed by atoms with Crippen LogP contribution < -0.4 is 10.6 Å². The summed E-state index contributed by atoms with van der Waals surface area (Å²) in [6, 6.07) is 0. The lowest BCUT2D eigenvalue weighted by atomic mass is 10.1. The summed E-state index contributed by atoms with van der Waals surface area (Å²) in [6.45, 7) is 5.59. The molecule has 6 heteroatoms. The zero-order valence-electron chi connectivity index (χ0n) is 9.53. The molecule has 5 nitrogen and oxygen atoms in total. The second-order valence-corrected chi connectivity index (χ2v) is 4.65. The number of ether oxygens (including phenoxy) is 1. The van der Waals surface area contributed by atoms with Crippen molar-refractivity contribution in [2.24, 2.45) is 0 Å². The number of rotatable bonds is 5. The number of hydrogen-bond acceptors (Lipinski definition) is 6. The summed E-state index contributed by atoms with van der Waals surface area (Å²) in [5.41, 5.74) is 0. The third-order valence-corrected chi connectivity index (χ3v) is 3.31. The van der Waals surface area contributed by atoms with Gasteiger partial charge in [0.05, 0.1) is 12.7 Å². The van der Waals surface area contributed by atoms with Gasteiger partial charge >= 0.3 is 0 Å². The van der Waals surface area contributed by atoms with Crippen LogP contribution in [0.1, 0.15) is 18.7 Å². The van der Waals surface area contributed by atoms with Gasteiger partial charge in [-0.1, -0.05) is 0 Å². The van der Waals surface area contributed by atoms with Crippen LogP contribution >= 0.6 is 11.5 Å². The van der Waals surface area contributed by atoms with E-state index in [0.29, 0.717) is 6.10 Å². The van der Waals surface area contributed by atoms with Crippen LogP contribution in [0.2, 0.25) is 0 Å². The smallest absolute Gasteiger partial charge is 0.202 e. The Morgan fingerprint density at radius 3 is 3.00 bits per heavy atom. The highest BCUT2D eigenvalue weighted by Crippen LogP contribution is 2.10. The van der Waals surface area contributed by atoms with Crippen LogP contribution in [0, 0.1) is 6.92 Å². The lowest BCUT2D eigenvalue weighted by molar-refractivity contribution is 0.0394. The molecule has 1 aliphatic heterocycles. The van der Waals surface area contributed by atoms with E-state index < -0.39 is 0 Å². The van der Waals surface area contributed by atoms with Crippen LogP contribution in [0.4, 0.5) is 5.13 Å². The summed E-state index contributed by atoms with van der Waals surface area (Å²) in [7, 11) is 0. The number of aromatic nitrogens is 2. The molecule has 0 radical (unpaired) electrons. The summed E-state index contributed by atoms with van der Waals surface area (Å²) in [4.78, 5) is 4.23. The first-order valence-electron chi connectivity index (χ1n) is 5.71. The summed E-state index contributed by atoms with van der Waals surface area (Å²) in [5.74, 6) is 0.826. The van der Waals surface area contributed by atoms with Gasteiger partial charge in [0, 0.05) is 18.1 Å². The Hall–Kier alpha value is -0.720. The summed E-state index contributed by atoms with van der Waals surface area (Å²) >= 11 is 1.40. The van der Waals surface area contributed by atoms with E-state index in [2.05, 4.69) is 20.0 Å². The van der Waals surface area contributed by atoms with Gasteiger partial charge in [-0.2, -0.15) is 4.37 Å². The number of hydrogen-bond donors (Lipinski definition) is 2. The molecular formula is C10H18N4OS. The predicted octanol–water partition coefficient (Wildman–Crippen LogP) is 1.03. The molecule has 0 spiro atoms. The first-order valence-corrected chi connectivity index (χ1v) is 6.48. The van der Waals surface area contributed by atoms with Gasteiger partial charge in [-0.3, -0.25) is 0 Å². The maximum atomic E-state index is 5.77. The number of piperidine rings is 1. The Morgan fingerprint density at radius 1 is 1.50 bits per heavy atom. The minimum Gasteiger partial charge on any atom is -0.376 e. The molecule has 2 N–H and O–H groups in total. The quantitative estimate of drug-likeness (QED) is 0.755.